The molecule has 106 valence electrons. The van der Waals surface area contributed by atoms with Gasteiger partial charge in [-0.3, -0.25) is 4.98 Å². The molecule has 0 atom stereocenters. The molecule has 0 aliphatic rings. The molecule has 0 aliphatic carbocycles. The van der Waals surface area contributed by atoms with E-state index in [4.69, 9.17) is 9.52 Å². The summed E-state index contributed by atoms with van der Waals surface area (Å²) in [5.74, 6) is -0.942. The van der Waals surface area contributed by atoms with Gasteiger partial charge in [-0.05, 0) is 17.7 Å². The third kappa shape index (κ3) is 2.78. The van der Waals surface area contributed by atoms with Gasteiger partial charge in [0.25, 0.3) is 0 Å². The monoisotopic (exact) mass is 282 g/mol. The van der Waals surface area contributed by atoms with E-state index in [-0.39, 0.29) is 5.56 Å². The number of hydrogen-bond donors (Lipinski definition) is 2. The van der Waals surface area contributed by atoms with E-state index in [0.29, 0.717) is 18.7 Å². The minimum absolute atomic E-state index is 0.273. The van der Waals surface area contributed by atoms with Crippen LogP contribution in [0.3, 0.4) is 0 Å². The molecule has 2 heterocycles. The van der Waals surface area contributed by atoms with Crippen LogP contribution in [0.5, 0.6) is 0 Å². The standard InChI is InChI=1S/C16H14N2O3/c19-16(20)14-5-6-17-7-11(14)8-18-9-12-10-21-15-4-2-1-3-13(12)15/h1-7,10,18H,8-9H2,(H,19,20). The van der Waals surface area contributed by atoms with Crippen molar-refractivity contribution < 1.29 is 14.3 Å². The van der Waals surface area contributed by atoms with Crippen molar-refractivity contribution in [2.24, 2.45) is 0 Å². The van der Waals surface area contributed by atoms with Crippen LogP contribution in [0.4, 0.5) is 0 Å². The Hall–Kier alpha value is -2.66. The summed E-state index contributed by atoms with van der Waals surface area (Å²) in [7, 11) is 0. The molecular weight excluding hydrogens is 268 g/mol. The molecule has 0 spiro atoms. The number of nitrogens with zero attached hydrogens (tertiary/aromatic N) is 1. The number of rotatable bonds is 5. The molecule has 21 heavy (non-hydrogen) atoms. The lowest BCUT2D eigenvalue weighted by atomic mass is 10.1. The van der Waals surface area contributed by atoms with Gasteiger partial charge in [0.05, 0.1) is 11.8 Å². The van der Waals surface area contributed by atoms with Crippen LogP contribution < -0.4 is 5.32 Å². The SMILES string of the molecule is O=C(O)c1ccncc1CNCc1coc2ccccc12. The topological polar surface area (TPSA) is 75.4 Å². The fourth-order valence-electron chi connectivity index (χ4n) is 2.28. The number of benzene rings is 1. The number of furan rings is 1. The van der Waals surface area contributed by atoms with Gasteiger partial charge < -0.3 is 14.8 Å². The van der Waals surface area contributed by atoms with Crippen molar-refractivity contribution in [1.82, 2.24) is 10.3 Å². The maximum Gasteiger partial charge on any atom is 0.336 e. The highest BCUT2D eigenvalue weighted by molar-refractivity contribution is 5.89. The zero-order valence-electron chi connectivity index (χ0n) is 11.2. The predicted octanol–water partition coefficient (Wildman–Crippen LogP) is 2.82. The Balaban J connectivity index is 1.71. The van der Waals surface area contributed by atoms with E-state index in [1.807, 2.05) is 24.3 Å². The minimum Gasteiger partial charge on any atom is -0.478 e. The first-order valence-electron chi connectivity index (χ1n) is 6.57. The second kappa shape index (κ2) is 5.76. The Kier molecular flexibility index (Phi) is 3.66. The van der Waals surface area contributed by atoms with Crippen LogP contribution in [0.2, 0.25) is 0 Å². The fraction of sp³-hybridized carbons (Fsp3) is 0.125. The van der Waals surface area contributed by atoms with Crippen LogP contribution in [0.25, 0.3) is 11.0 Å². The van der Waals surface area contributed by atoms with Gasteiger partial charge in [-0.25, -0.2) is 4.79 Å². The molecule has 0 aliphatic heterocycles. The lowest BCUT2D eigenvalue weighted by Crippen LogP contribution is -2.15. The summed E-state index contributed by atoms with van der Waals surface area (Å²) in [6.07, 6.45) is 4.78. The average Bonchev–Trinajstić information content (AvgIpc) is 2.91. The lowest BCUT2D eigenvalue weighted by Gasteiger charge is -2.06. The van der Waals surface area contributed by atoms with Gasteiger partial charge in [0.2, 0.25) is 0 Å². The third-order valence-corrected chi connectivity index (χ3v) is 3.33. The van der Waals surface area contributed by atoms with Crippen molar-refractivity contribution in [3.63, 3.8) is 0 Å². The number of carbonyl (C=O) groups is 1. The number of nitrogens with one attached hydrogen (secondary N) is 1. The lowest BCUT2D eigenvalue weighted by molar-refractivity contribution is 0.0695. The van der Waals surface area contributed by atoms with E-state index >= 15 is 0 Å². The summed E-state index contributed by atoms with van der Waals surface area (Å²) in [4.78, 5) is 15.1. The molecule has 0 bridgehead atoms. The Labute approximate surface area is 121 Å². The number of carboxylic acid groups (broad SMARTS) is 1. The van der Waals surface area contributed by atoms with Crippen LogP contribution in [0, 0.1) is 0 Å². The van der Waals surface area contributed by atoms with E-state index < -0.39 is 5.97 Å². The Bertz CT molecular complexity index is 780. The smallest absolute Gasteiger partial charge is 0.336 e. The number of pyridine rings is 1. The van der Waals surface area contributed by atoms with Crippen molar-refractivity contribution in [3.05, 3.63) is 65.7 Å². The van der Waals surface area contributed by atoms with Gasteiger partial charge in [0.15, 0.2) is 0 Å². The minimum atomic E-state index is -0.942. The molecule has 5 heteroatoms. The predicted molar refractivity (Wildman–Crippen MR) is 78.0 cm³/mol. The first-order chi connectivity index (χ1) is 10.3. The summed E-state index contributed by atoms with van der Waals surface area (Å²) in [5, 5.41) is 13.4. The van der Waals surface area contributed by atoms with Gasteiger partial charge in [0, 0.05) is 36.4 Å². The van der Waals surface area contributed by atoms with Crippen LogP contribution in [-0.2, 0) is 13.1 Å². The zero-order valence-corrected chi connectivity index (χ0v) is 11.2. The number of carboxylic acids is 1. The number of fused-ring (bicyclic) bond motifs is 1. The van der Waals surface area contributed by atoms with Crippen molar-refractivity contribution >= 4 is 16.9 Å². The summed E-state index contributed by atoms with van der Waals surface area (Å²) >= 11 is 0. The molecule has 2 N–H and O–H groups in total. The second-order valence-electron chi connectivity index (χ2n) is 4.70. The van der Waals surface area contributed by atoms with Gasteiger partial charge in [-0.1, -0.05) is 18.2 Å². The highest BCUT2D eigenvalue weighted by Gasteiger charge is 2.10. The first-order valence-corrected chi connectivity index (χ1v) is 6.57. The quantitative estimate of drug-likeness (QED) is 0.752. The molecule has 3 aromatic rings. The highest BCUT2D eigenvalue weighted by Crippen LogP contribution is 2.20. The highest BCUT2D eigenvalue weighted by atomic mass is 16.4. The van der Waals surface area contributed by atoms with Crippen LogP contribution in [0.15, 0.2) is 53.4 Å². The molecule has 0 unspecified atom stereocenters. The second-order valence-corrected chi connectivity index (χ2v) is 4.70. The molecule has 0 saturated heterocycles. The summed E-state index contributed by atoms with van der Waals surface area (Å²) < 4.78 is 5.47. The average molecular weight is 282 g/mol. The zero-order chi connectivity index (χ0) is 14.7. The summed E-state index contributed by atoms with van der Waals surface area (Å²) in [6.45, 7) is 1.04. The van der Waals surface area contributed by atoms with Crippen LogP contribution in [0.1, 0.15) is 21.5 Å². The Morgan fingerprint density at radius 2 is 2.00 bits per heavy atom. The molecule has 0 fully saturated rings. The van der Waals surface area contributed by atoms with E-state index in [2.05, 4.69) is 10.3 Å². The molecule has 0 radical (unpaired) electrons. The molecule has 0 amide bonds. The normalized spacial score (nSPS) is 10.9. The summed E-state index contributed by atoms with van der Waals surface area (Å²) in [6, 6.07) is 9.32. The van der Waals surface area contributed by atoms with Gasteiger partial charge in [0.1, 0.15) is 5.58 Å². The molecule has 2 aromatic heterocycles. The van der Waals surface area contributed by atoms with E-state index in [0.717, 1.165) is 16.5 Å². The van der Waals surface area contributed by atoms with Crippen LogP contribution >= 0.6 is 0 Å². The van der Waals surface area contributed by atoms with Crippen molar-refractivity contribution in [2.45, 2.75) is 13.1 Å². The van der Waals surface area contributed by atoms with Crippen molar-refractivity contribution in [2.75, 3.05) is 0 Å². The van der Waals surface area contributed by atoms with Crippen molar-refractivity contribution in [1.29, 1.82) is 0 Å². The molecule has 5 nitrogen and oxygen atoms in total. The molecule has 0 saturated carbocycles. The Morgan fingerprint density at radius 1 is 1.19 bits per heavy atom. The van der Waals surface area contributed by atoms with Crippen LogP contribution in [-0.4, -0.2) is 16.1 Å². The number of para-hydroxylation sites is 1. The molecule has 1 aromatic carbocycles. The molecule has 3 rings (SSSR count). The number of hydrogen-bond acceptors (Lipinski definition) is 4. The largest absolute Gasteiger partial charge is 0.478 e. The summed E-state index contributed by atoms with van der Waals surface area (Å²) in [5.41, 5.74) is 2.83. The maximum absolute atomic E-state index is 11.1. The van der Waals surface area contributed by atoms with Gasteiger partial charge >= 0.3 is 5.97 Å². The number of aromatic nitrogens is 1. The first kappa shape index (κ1) is 13.3. The Morgan fingerprint density at radius 3 is 2.86 bits per heavy atom. The van der Waals surface area contributed by atoms with E-state index in [1.165, 1.54) is 12.3 Å². The third-order valence-electron chi connectivity index (χ3n) is 3.33. The van der Waals surface area contributed by atoms with Gasteiger partial charge in [-0.2, -0.15) is 0 Å². The fourth-order valence-corrected chi connectivity index (χ4v) is 2.28. The molecular formula is C16H14N2O3. The number of aromatic carboxylic acids is 1. The van der Waals surface area contributed by atoms with E-state index in [1.54, 1.807) is 12.5 Å². The maximum atomic E-state index is 11.1. The van der Waals surface area contributed by atoms with E-state index in [9.17, 15) is 4.79 Å². The van der Waals surface area contributed by atoms with Gasteiger partial charge in [-0.15, -0.1) is 0 Å². The van der Waals surface area contributed by atoms with Crippen molar-refractivity contribution in [3.8, 4) is 0 Å².